The summed E-state index contributed by atoms with van der Waals surface area (Å²) in [4.78, 5) is 32.9. The number of aromatic nitrogens is 2. The average molecular weight is 391 g/mol. The molecule has 1 saturated heterocycles. The summed E-state index contributed by atoms with van der Waals surface area (Å²) in [6.45, 7) is 3.67. The van der Waals surface area contributed by atoms with Crippen molar-refractivity contribution in [1.29, 1.82) is 0 Å². The van der Waals surface area contributed by atoms with E-state index in [-0.39, 0.29) is 18.4 Å². The number of piperazine rings is 1. The van der Waals surface area contributed by atoms with Crippen molar-refractivity contribution in [1.82, 2.24) is 19.4 Å². The van der Waals surface area contributed by atoms with Crippen LogP contribution >= 0.6 is 11.6 Å². The fraction of sp³-hybridized carbons (Fsp3) is 0.421. The van der Waals surface area contributed by atoms with E-state index in [0.29, 0.717) is 31.3 Å². The number of hydrogen-bond acceptors (Lipinski definition) is 4. The molecule has 1 aromatic carbocycles. The van der Waals surface area contributed by atoms with Gasteiger partial charge in [-0.2, -0.15) is 0 Å². The maximum atomic E-state index is 12.8. The zero-order valence-electron chi connectivity index (χ0n) is 15.5. The lowest BCUT2D eigenvalue weighted by Gasteiger charge is -2.39. The van der Waals surface area contributed by atoms with Crippen LogP contribution in [0.25, 0.3) is 0 Å². The van der Waals surface area contributed by atoms with Crippen molar-refractivity contribution in [3.05, 3.63) is 53.1 Å². The molecule has 27 heavy (non-hydrogen) atoms. The lowest BCUT2D eigenvalue weighted by molar-refractivity contribution is -0.156. The second-order valence-corrected chi connectivity index (χ2v) is 6.96. The summed E-state index contributed by atoms with van der Waals surface area (Å²) in [7, 11) is 1.64. The molecule has 1 aromatic heterocycles. The normalized spacial score (nSPS) is 17.7. The molecule has 1 atom stereocenters. The predicted molar refractivity (Wildman–Crippen MR) is 101 cm³/mol. The van der Waals surface area contributed by atoms with Crippen LogP contribution in [-0.4, -0.2) is 57.5 Å². The van der Waals surface area contributed by atoms with Crippen LogP contribution in [0.3, 0.4) is 0 Å². The summed E-state index contributed by atoms with van der Waals surface area (Å²) in [6, 6.07) is 6.82. The quantitative estimate of drug-likeness (QED) is 0.724. The van der Waals surface area contributed by atoms with E-state index in [4.69, 9.17) is 16.3 Å². The van der Waals surface area contributed by atoms with Gasteiger partial charge in [0, 0.05) is 31.4 Å². The highest BCUT2D eigenvalue weighted by Crippen LogP contribution is 2.21. The first kappa shape index (κ1) is 19.4. The van der Waals surface area contributed by atoms with E-state index in [1.165, 1.54) is 0 Å². The number of methoxy groups -OCH3 is 1. The first-order valence-electron chi connectivity index (χ1n) is 8.81. The second-order valence-electron chi connectivity index (χ2n) is 6.55. The molecule has 1 fully saturated rings. The summed E-state index contributed by atoms with van der Waals surface area (Å²) >= 11 is 6.19. The summed E-state index contributed by atoms with van der Waals surface area (Å²) in [5.74, 6) is -0.175. The van der Waals surface area contributed by atoms with Crippen molar-refractivity contribution < 1.29 is 14.3 Å². The van der Waals surface area contributed by atoms with E-state index >= 15 is 0 Å². The number of carbonyl (C=O) groups excluding carboxylic acids is 2. The van der Waals surface area contributed by atoms with Gasteiger partial charge in [0.25, 0.3) is 0 Å². The van der Waals surface area contributed by atoms with Crippen molar-refractivity contribution in [3.8, 4) is 0 Å². The molecule has 2 heterocycles. The fourth-order valence-corrected chi connectivity index (χ4v) is 3.38. The number of carbonyl (C=O) groups is 2. The van der Waals surface area contributed by atoms with Gasteiger partial charge >= 0.3 is 0 Å². The number of ether oxygens (including phenoxy) is 1. The van der Waals surface area contributed by atoms with E-state index < -0.39 is 6.04 Å². The number of amides is 2. The van der Waals surface area contributed by atoms with Crippen LogP contribution < -0.4 is 0 Å². The fourth-order valence-electron chi connectivity index (χ4n) is 3.18. The highest BCUT2D eigenvalue weighted by atomic mass is 35.5. The zero-order chi connectivity index (χ0) is 19.4. The van der Waals surface area contributed by atoms with Gasteiger partial charge in [-0.05, 0) is 18.6 Å². The first-order chi connectivity index (χ1) is 13.0. The predicted octanol–water partition coefficient (Wildman–Crippen LogP) is 1.94. The molecule has 144 valence electrons. The van der Waals surface area contributed by atoms with E-state index in [0.717, 1.165) is 11.3 Å². The Hall–Kier alpha value is -2.38. The first-order valence-corrected chi connectivity index (χ1v) is 9.18. The maximum absolute atomic E-state index is 12.8. The van der Waals surface area contributed by atoms with Crippen molar-refractivity contribution in [2.45, 2.75) is 32.6 Å². The third-order valence-electron chi connectivity index (χ3n) is 4.77. The highest BCUT2D eigenvalue weighted by Gasteiger charge is 2.36. The summed E-state index contributed by atoms with van der Waals surface area (Å²) in [5, 5.41) is 0.592. The smallest absolute Gasteiger partial charge is 0.245 e. The molecule has 7 nitrogen and oxygen atoms in total. The molecule has 3 rings (SSSR count). The van der Waals surface area contributed by atoms with Gasteiger partial charge in [0.15, 0.2) is 0 Å². The maximum Gasteiger partial charge on any atom is 0.245 e. The molecule has 0 spiro atoms. The van der Waals surface area contributed by atoms with Crippen LogP contribution in [-0.2, 0) is 34.0 Å². The largest absolute Gasteiger partial charge is 0.383 e. The number of nitrogens with zero attached hydrogens (tertiary/aromatic N) is 4. The molecule has 0 unspecified atom stereocenters. The molecular weight excluding hydrogens is 368 g/mol. The minimum atomic E-state index is -0.542. The van der Waals surface area contributed by atoms with Gasteiger partial charge in [-0.25, -0.2) is 4.98 Å². The Labute approximate surface area is 163 Å². The SMILES string of the molecule is COCCn1cncc1CN1C(=O)CN(Cc2ccccc2Cl)C(=O)[C@@H]1C. The average Bonchev–Trinajstić information content (AvgIpc) is 3.10. The standard InChI is InChI=1S/C19H23ClN4O3/c1-14-19(26)23(10-15-5-3-4-6-17(15)20)12-18(25)24(14)11-16-9-21-13-22(16)7-8-27-2/h3-6,9,13-14H,7-8,10-12H2,1-2H3/t14-/m0/s1. The minimum absolute atomic E-state index is 0.0423. The summed E-state index contributed by atoms with van der Waals surface area (Å²) < 4.78 is 7.03. The van der Waals surface area contributed by atoms with Gasteiger partial charge in [0.05, 0.1) is 25.2 Å². The molecule has 2 aromatic rings. The number of halogens is 1. The minimum Gasteiger partial charge on any atom is -0.383 e. The molecular formula is C19H23ClN4O3. The Morgan fingerprint density at radius 3 is 2.78 bits per heavy atom. The number of imidazole rings is 1. The molecule has 1 aliphatic heterocycles. The van der Waals surface area contributed by atoms with Gasteiger partial charge in [0.1, 0.15) is 12.6 Å². The Balaban J connectivity index is 1.70. The van der Waals surface area contributed by atoms with Crippen molar-refractivity contribution in [2.24, 2.45) is 0 Å². The molecule has 0 N–H and O–H groups in total. The van der Waals surface area contributed by atoms with Crippen molar-refractivity contribution >= 4 is 23.4 Å². The van der Waals surface area contributed by atoms with Crippen LogP contribution in [0.1, 0.15) is 18.2 Å². The van der Waals surface area contributed by atoms with Crippen LogP contribution in [0.2, 0.25) is 5.02 Å². The number of benzene rings is 1. The van der Waals surface area contributed by atoms with Gasteiger partial charge in [0.2, 0.25) is 11.8 Å². The molecule has 2 amide bonds. The zero-order valence-corrected chi connectivity index (χ0v) is 16.2. The Morgan fingerprint density at radius 2 is 2.04 bits per heavy atom. The summed E-state index contributed by atoms with van der Waals surface area (Å²) in [6.07, 6.45) is 3.43. The Morgan fingerprint density at radius 1 is 1.26 bits per heavy atom. The number of rotatable bonds is 7. The van der Waals surface area contributed by atoms with Crippen LogP contribution in [0, 0.1) is 0 Å². The van der Waals surface area contributed by atoms with Crippen molar-refractivity contribution in [2.75, 3.05) is 20.3 Å². The van der Waals surface area contributed by atoms with Gasteiger partial charge in [-0.1, -0.05) is 29.8 Å². The second kappa shape index (κ2) is 8.54. The van der Waals surface area contributed by atoms with Crippen LogP contribution in [0.4, 0.5) is 0 Å². The third kappa shape index (κ3) is 4.31. The molecule has 0 bridgehead atoms. The Bertz CT molecular complexity index is 823. The van der Waals surface area contributed by atoms with Crippen molar-refractivity contribution in [3.63, 3.8) is 0 Å². The van der Waals surface area contributed by atoms with E-state index in [1.54, 1.807) is 42.4 Å². The van der Waals surface area contributed by atoms with Gasteiger partial charge in [-0.15, -0.1) is 0 Å². The monoisotopic (exact) mass is 390 g/mol. The lowest BCUT2D eigenvalue weighted by atomic mass is 10.1. The van der Waals surface area contributed by atoms with Gasteiger partial charge in [-0.3, -0.25) is 9.59 Å². The molecule has 0 saturated carbocycles. The lowest BCUT2D eigenvalue weighted by Crippen LogP contribution is -2.58. The summed E-state index contributed by atoms with van der Waals surface area (Å²) in [5.41, 5.74) is 1.71. The molecule has 0 radical (unpaired) electrons. The van der Waals surface area contributed by atoms with E-state index in [9.17, 15) is 9.59 Å². The van der Waals surface area contributed by atoms with E-state index in [2.05, 4.69) is 4.98 Å². The Kier molecular flexibility index (Phi) is 6.13. The molecule has 1 aliphatic rings. The molecule has 0 aliphatic carbocycles. The topological polar surface area (TPSA) is 67.7 Å². The highest BCUT2D eigenvalue weighted by molar-refractivity contribution is 6.31. The van der Waals surface area contributed by atoms with E-state index in [1.807, 2.05) is 22.8 Å². The molecule has 8 heteroatoms. The van der Waals surface area contributed by atoms with Gasteiger partial charge < -0.3 is 19.1 Å². The number of hydrogen-bond donors (Lipinski definition) is 0. The van der Waals surface area contributed by atoms with Crippen LogP contribution in [0.15, 0.2) is 36.8 Å². The third-order valence-corrected chi connectivity index (χ3v) is 5.14. The van der Waals surface area contributed by atoms with Crippen LogP contribution in [0.5, 0.6) is 0 Å².